The van der Waals surface area contributed by atoms with Crippen molar-refractivity contribution in [1.29, 1.82) is 0 Å². The van der Waals surface area contributed by atoms with Crippen molar-refractivity contribution in [2.45, 2.75) is 52.8 Å². The number of anilines is 1. The van der Waals surface area contributed by atoms with Crippen LogP contribution in [-0.2, 0) is 29.7 Å². The van der Waals surface area contributed by atoms with Gasteiger partial charge in [-0.15, -0.1) is 0 Å². The number of hydrogen-bond donors (Lipinski definition) is 1. The lowest BCUT2D eigenvalue weighted by Gasteiger charge is -2.41. The highest BCUT2D eigenvalue weighted by Crippen LogP contribution is 2.41. The first kappa shape index (κ1) is 38.9. The van der Waals surface area contributed by atoms with Crippen LogP contribution in [0.2, 0.25) is 5.02 Å². The fourth-order valence-electron chi connectivity index (χ4n) is 7.43. The SMILES string of the molecule is CCOc1cc(-c2cn(C)nc2C)c(N2CCC([C@@H](NC(=O)OCc3ccccc3)C(=O)N3CCN(Cc4c(F)cccc4OCC)CC3)CC2)cc1Cl. The number of alkyl carbamates (subject to hydrolysis) is 1. The van der Waals surface area contributed by atoms with Gasteiger partial charge in [0.15, 0.2) is 0 Å². The molecule has 11 nitrogen and oxygen atoms in total. The van der Waals surface area contributed by atoms with E-state index in [0.717, 1.165) is 28.1 Å². The summed E-state index contributed by atoms with van der Waals surface area (Å²) in [6.07, 6.45) is 2.67. The van der Waals surface area contributed by atoms with E-state index in [0.29, 0.717) is 94.0 Å². The summed E-state index contributed by atoms with van der Waals surface area (Å²) in [5.41, 5.74) is 5.20. The normalized spacial score (nSPS) is 15.9. The van der Waals surface area contributed by atoms with Gasteiger partial charge in [0.2, 0.25) is 5.91 Å². The maximum Gasteiger partial charge on any atom is 0.408 e. The third-order valence-electron chi connectivity index (χ3n) is 10.2. The molecular formula is C41H50ClFN6O5. The van der Waals surface area contributed by atoms with E-state index in [1.165, 1.54) is 6.07 Å². The Kier molecular flexibility index (Phi) is 13.0. The summed E-state index contributed by atoms with van der Waals surface area (Å²) in [6.45, 7) is 10.5. The van der Waals surface area contributed by atoms with Crippen molar-refractivity contribution in [1.82, 2.24) is 24.9 Å². The van der Waals surface area contributed by atoms with E-state index in [9.17, 15) is 14.0 Å². The Bertz CT molecular complexity index is 1890. The van der Waals surface area contributed by atoms with Crippen LogP contribution in [0.3, 0.4) is 0 Å². The Morgan fingerprint density at radius 2 is 1.63 bits per heavy atom. The molecule has 2 aliphatic rings. The Morgan fingerprint density at radius 1 is 0.926 bits per heavy atom. The zero-order valence-corrected chi connectivity index (χ0v) is 32.3. The van der Waals surface area contributed by atoms with Crippen LogP contribution in [0.25, 0.3) is 11.1 Å². The van der Waals surface area contributed by atoms with Crippen molar-refractivity contribution >= 4 is 29.3 Å². The van der Waals surface area contributed by atoms with E-state index in [1.54, 1.807) is 16.8 Å². The molecule has 0 bridgehead atoms. The molecule has 0 unspecified atom stereocenters. The van der Waals surface area contributed by atoms with Gasteiger partial charge >= 0.3 is 6.09 Å². The zero-order chi connectivity index (χ0) is 38.2. The second kappa shape index (κ2) is 18.0. The maximum atomic E-state index is 14.8. The van der Waals surface area contributed by atoms with Crippen LogP contribution in [0.4, 0.5) is 14.9 Å². The number of halogens is 2. The number of carbonyl (C=O) groups excluding carboxylic acids is 2. The molecule has 3 aromatic carbocycles. The van der Waals surface area contributed by atoms with E-state index in [-0.39, 0.29) is 24.2 Å². The number of nitrogens with one attached hydrogen (secondary N) is 1. The first-order valence-electron chi connectivity index (χ1n) is 18.8. The van der Waals surface area contributed by atoms with E-state index in [2.05, 4.69) is 20.2 Å². The number of ether oxygens (including phenoxy) is 3. The Hall–Kier alpha value is -4.81. The van der Waals surface area contributed by atoms with Gasteiger partial charge in [0.05, 0.1) is 23.9 Å². The smallest absolute Gasteiger partial charge is 0.408 e. The minimum Gasteiger partial charge on any atom is -0.493 e. The number of carbonyl (C=O) groups is 2. The number of benzene rings is 3. The first-order valence-corrected chi connectivity index (χ1v) is 19.1. The highest BCUT2D eigenvalue weighted by molar-refractivity contribution is 6.32. The monoisotopic (exact) mass is 760 g/mol. The number of hydrogen-bond acceptors (Lipinski definition) is 8. The van der Waals surface area contributed by atoms with E-state index < -0.39 is 12.1 Å². The van der Waals surface area contributed by atoms with Gasteiger partial charge in [-0.25, -0.2) is 9.18 Å². The summed E-state index contributed by atoms with van der Waals surface area (Å²) >= 11 is 6.74. The van der Waals surface area contributed by atoms with Gasteiger partial charge in [-0.2, -0.15) is 5.10 Å². The number of aryl methyl sites for hydroxylation is 2. The van der Waals surface area contributed by atoms with Crippen molar-refractivity contribution in [2.75, 3.05) is 57.4 Å². The minimum atomic E-state index is -0.776. The molecule has 0 aliphatic carbocycles. The van der Waals surface area contributed by atoms with E-state index in [1.807, 2.05) is 81.4 Å². The van der Waals surface area contributed by atoms with Gasteiger partial charge in [0.25, 0.3) is 0 Å². The molecule has 4 aromatic rings. The number of rotatable bonds is 13. The molecule has 6 rings (SSSR count). The molecule has 54 heavy (non-hydrogen) atoms. The second-order valence-electron chi connectivity index (χ2n) is 13.8. The summed E-state index contributed by atoms with van der Waals surface area (Å²) < 4.78 is 33.8. The fraction of sp³-hybridized carbons (Fsp3) is 0.439. The summed E-state index contributed by atoms with van der Waals surface area (Å²) in [4.78, 5) is 33.8. The lowest BCUT2D eigenvalue weighted by atomic mass is 9.87. The summed E-state index contributed by atoms with van der Waals surface area (Å²) in [6, 6.07) is 17.5. The van der Waals surface area contributed by atoms with Crippen molar-refractivity contribution in [3.8, 4) is 22.6 Å². The van der Waals surface area contributed by atoms with Crippen LogP contribution >= 0.6 is 11.6 Å². The molecule has 0 radical (unpaired) electrons. The van der Waals surface area contributed by atoms with Crippen molar-refractivity contribution < 1.29 is 28.2 Å². The summed E-state index contributed by atoms with van der Waals surface area (Å²) in [5.74, 6) is 0.574. The molecule has 3 heterocycles. The molecule has 1 N–H and O–H groups in total. The molecule has 2 saturated heterocycles. The Morgan fingerprint density at radius 3 is 2.30 bits per heavy atom. The number of piperazine rings is 1. The van der Waals surface area contributed by atoms with Gasteiger partial charge in [-0.1, -0.05) is 48.0 Å². The Labute approximate surface area is 321 Å². The van der Waals surface area contributed by atoms with Crippen LogP contribution in [-0.4, -0.2) is 90.1 Å². The number of amides is 2. The molecule has 0 saturated carbocycles. The minimum absolute atomic E-state index is 0.0967. The van der Waals surface area contributed by atoms with Crippen molar-refractivity contribution in [2.24, 2.45) is 13.0 Å². The lowest BCUT2D eigenvalue weighted by molar-refractivity contribution is -0.136. The summed E-state index contributed by atoms with van der Waals surface area (Å²) in [7, 11) is 1.90. The van der Waals surface area contributed by atoms with Crippen LogP contribution in [0.5, 0.6) is 11.5 Å². The molecule has 2 aliphatic heterocycles. The van der Waals surface area contributed by atoms with Gasteiger partial charge in [0, 0.05) is 81.4 Å². The molecular weight excluding hydrogens is 711 g/mol. The zero-order valence-electron chi connectivity index (χ0n) is 31.5. The highest BCUT2D eigenvalue weighted by Gasteiger charge is 2.37. The second-order valence-corrected chi connectivity index (χ2v) is 14.2. The quantitative estimate of drug-likeness (QED) is 0.158. The third kappa shape index (κ3) is 9.27. The van der Waals surface area contributed by atoms with Crippen LogP contribution in [0.1, 0.15) is 43.5 Å². The Balaban J connectivity index is 1.17. The average molecular weight is 761 g/mol. The van der Waals surface area contributed by atoms with Crippen LogP contribution in [0.15, 0.2) is 66.9 Å². The number of piperidine rings is 1. The number of nitrogens with zero attached hydrogens (tertiary/aromatic N) is 5. The predicted molar refractivity (Wildman–Crippen MR) is 207 cm³/mol. The predicted octanol–water partition coefficient (Wildman–Crippen LogP) is 6.84. The standard InChI is InChI=1S/C41H50ClFN6O5/c1-5-52-37-14-10-13-35(43)33(37)26-47-19-21-49(22-20-47)40(50)39(44-41(51)54-27-29-11-8-7-9-12-29)30-15-17-48(18-16-30)36-24-34(42)38(53-6-2)23-31(36)32-25-46(4)45-28(32)3/h7-14,23-25,30,39H,5-6,15-22,26-27H2,1-4H3,(H,44,51)/t39-/m1/s1. The molecule has 0 spiro atoms. The largest absolute Gasteiger partial charge is 0.493 e. The molecule has 2 amide bonds. The van der Waals surface area contributed by atoms with Gasteiger partial charge < -0.3 is 29.3 Å². The average Bonchev–Trinajstić information content (AvgIpc) is 3.52. The fourth-order valence-corrected chi connectivity index (χ4v) is 7.64. The molecule has 1 aromatic heterocycles. The van der Waals surface area contributed by atoms with E-state index >= 15 is 0 Å². The van der Waals surface area contributed by atoms with Crippen LogP contribution < -0.4 is 19.7 Å². The highest BCUT2D eigenvalue weighted by atomic mass is 35.5. The van der Waals surface area contributed by atoms with Crippen molar-refractivity contribution in [3.05, 3.63) is 94.5 Å². The van der Waals surface area contributed by atoms with Crippen molar-refractivity contribution in [3.63, 3.8) is 0 Å². The van der Waals surface area contributed by atoms with Crippen LogP contribution in [0, 0.1) is 18.7 Å². The van der Waals surface area contributed by atoms with E-state index in [4.69, 9.17) is 25.8 Å². The molecule has 288 valence electrons. The molecule has 1 atom stereocenters. The van der Waals surface area contributed by atoms with Gasteiger partial charge in [-0.05, 0) is 69.4 Å². The number of aromatic nitrogens is 2. The van der Waals surface area contributed by atoms with Gasteiger partial charge in [-0.3, -0.25) is 14.4 Å². The van der Waals surface area contributed by atoms with Gasteiger partial charge in [0.1, 0.15) is 30.0 Å². The first-order chi connectivity index (χ1) is 26.1. The lowest BCUT2D eigenvalue weighted by Crippen LogP contribution is -2.58. The molecule has 2 fully saturated rings. The maximum absolute atomic E-state index is 14.8. The third-order valence-corrected chi connectivity index (χ3v) is 10.5. The topological polar surface area (TPSA) is 101 Å². The molecule has 13 heteroatoms. The summed E-state index contributed by atoms with van der Waals surface area (Å²) in [5, 5.41) is 8.07.